The van der Waals surface area contributed by atoms with Crippen LogP contribution in [0.4, 0.5) is 0 Å². The fraction of sp³-hybridized carbons (Fsp3) is 0.923. The lowest BCUT2D eigenvalue weighted by molar-refractivity contribution is -0.137. The molecule has 0 amide bonds. The molecule has 0 fully saturated rings. The Morgan fingerprint density at radius 1 is 0.938 bits per heavy atom. The van der Waals surface area contributed by atoms with Crippen molar-refractivity contribution in [2.24, 2.45) is 0 Å². The van der Waals surface area contributed by atoms with Gasteiger partial charge in [-0.25, -0.2) is 0 Å². The Labute approximate surface area is 104 Å². The molecule has 0 aromatic rings. The summed E-state index contributed by atoms with van der Waals surface area (Å²) in [6, 6.07) is 0. The molecule has 0 aliphatic heterocycles. The first-order valence-electron chi connectivity index (χ1n) is 6.57. The van der Waals surface area contributed by atoms with E-state index in [1.54, 1.807) is 0 Å². The molecule has 0 aromatic heterocycles. The van der Waals surface area contributed by atoms with Crippen LogP contribution in [0.1, 0.15) is 64.7 Å². The monoisotopic (exact) mass is 246 g/mol. The average molecular weight is 246 g/mol. The van der Waals surface area contributed by atoms with Gasteiger partial charge in [0.2, 0.25) is 0 Å². The van der Waals surface area contributed by atoms with Crippen molar-refractivity contribution >= 4 is 17.7 Å². The summed E-state index contributed by atoms with van der Waals surface area (Å²) < 4.78 is 0. The lowest BCUT2D eigenvalue weighted by Crippen LogP contribution is -1.95. The number of unbranched alkanes of at least 4 members (excludes halogenated alkanes) is 6. The highest BCUT2D eigenvalue weighted by molar-refractivity contribution is 7.99. The van der Waals surface area contributed by atoms with Crippen LogP contribution >= 0.6 is 11.8 Å². The van der Waals surface area contributed by atoms with E-state index in [1.807, 2.05) is 11.8 Å². The summed E-state index contributed by atoms with van der Waals surface area (Å²) in [6.07, 6.45) is 10.6. The highest BCUT2D eigenvalue weighted by atomic mass is 32.2. The molecule has 16 heavy (non-hydrogen) atoms. The van der Waals surface area contributed by atoms with Gasteiger partial charge in [0.15, 0.2) is 0 Å². The van der Waals surface area contributed by atoms with Crippen LogP contribution in [0.15, 0.2) is 0 Å². The second-order valence-corrected chi connectivity index (χ2v) is 5.46. The lowest BCUT2D eigenvalue weighted by atomic mass is 10.1. The van der Waals surface area contributed by atoms with Gasteiger partial charge in [0.1, 0.15) is 0 Å². The predicted molar refractivity (Wildman–Crippen MR) is 72.2 cm³/mol. The minimum Gasteiger partial charge on any atom is -0.481 e. The summed E-state index contributed by atoms with van der Waals surface area (Å²) in [5, 5.41) is 8.45. The third kappa shape index (κ3) is 13.8. The van der Waals surface area contributed by atoms with Crippen molar-refractivity contribution in [3.05, 3.63) is 0 Å². The standard InChI is InChI=1S/C13H26O2S/c1-2-3-4-5-6-7-8-11-16-12-9-10-13(14)15/h2-12H2,1H3,(H,14,15). The smallest absolute Gasteiger partial charge is 0.303 e. The minimum atomic E-state index is -0.670. The summed E-state index contributed by atoms with van der Waals surface area (Å²) in [5.74, 6) is 1.53. The van der Waals surface area contributed by atoms with Gasteiger partial charge in [-0.2, -0.15) is 11.8 Å². The summed E-state index contributed by atoms with van der Waals surface area (Å²) in [5.41, 5.74) is 0. The van der Waals surface area contributed by atoms with Crippen molar-refractivity contribution in [3.8, 4) is 0 Å². The Morgan fingerprint density at radius 2 is 1.50 bits per heavy atom. The number of carbonyl (C=O) groups is 1. The van der Waals surface area contributed by atoms with Crippen LogP contribution < -0.4 is 0 Å². The molecule has 0 rings (SSSR count). The second-order valence-electron chi connectivity index (χ2n) is 4.23. The predicted octanol–water partition coefficient (Wildman–Crippen LogP) is 4.34. The maximum Gasteiger partial charge on any atom is 0.303 e. The summed E-state index contributed by atoms with van der Waals surface area (Å²) in [6.45, 7) is 2.24. The molecular weight excluding hydrogens is 220 g/mol. The number of thioether (sulfide) groups is 1. The second kappa shape index (κ2) is 12.9. The number of aliphatic carboxylic acids is 1. The maximum atomic E-state index is 10.3. The summed E-state index contributed by atoms with van der Waals surface area (Å²) in [4.78, 5) is 10.3. The quantitative estimate of drug-likeness (QED) is 0.521. The molecule has 0 aliphatic carbocycles. The van der Waals surface area contributed by atoms with Gasteiger partial charge < -0.3 is 5.11 Å². The number of hydrogen-bond acceptors (Lipinski definition) is 2. The molecule has 0 aliphatic rings. The number of rotatable bonds is 12. The first-order chi connectivity index (χ1) is 7.77. The lowest BCUT2D eigenvalue weighted by Gasteiger charge is -2.01. The summed E-state index contributed by atoms with van der Waals surface area (Å²) >= 11 is 1.90. The van der Waals surface area contributed by atoms with Crippen molar-refractivity contribution in [1.82, 2.24) is 0 Å². The topological polar surface area (TPSA) is 37.3 Å². The van der Waals surface area contributed by atoms with Crippen molar-refractivity contribution in [1.29, 1.82) is 0 Å². The van der Waals surface area contributed by atoms with Crippen LogP contribution in [-0.2, 0) is 4.79 Å². The minimum absolute atomic E-state index is 0.323. The van der Waals surface area contributed by atoms with Crippen molar-refractivity contribution in [2.45, 2.75) is 64.7 Å². The number of hydrogen-bond donors (Lipinski definition) is 1. The van der Waals surface area contributed by atoms with E-state index >= 15 is 0 Å². The Kier molecular flexibility index (Phi) is 12.7. The van der Waals surface area contributed by atoms with Crippen LogP contribution in [-0.4, -0.2) is 22.6 Å². The zero-order chi connectivity index (χ0) is 12.1. The highest BCUT2D eigenvalue weighted by Gasteiger charge is 1.96. The van der Waals surface area contributed by atoms with E-state index in [1.165, 1.54) is 50.7 Å². The van der Waals surface area contributed by atoms with Gasteiger partial charge >= 0.3 is 5.97 Å². The van der Waals surface area contributed by atoms with E-state index < -0.39 is 5.97 Å². The largest absolute Gasteiger partial charge is 0.481 e. The number of carboxylic acids is 1. The van der Waals surface area contributed by atoms with Gasteiger partial charge in [0.25, 0.3) is 0 Å². The van der Waals surface area contributed by atoms with Gasteiger partial charge in [0, 0.05) is 6.42 Å². The molecule has 0 unspecified atom stereocenters. The van der Waals surface area contributed by atoms with Crippen molar-refractivity contribution in [2.75, 3.05) is 11.5 Å². The van der Waals surface area contributed by atoms with E-state index in [9.17, 15) is 4.79 Å². The van der Waals surface area contributed by atoms with Crippen molar-refractivity contribution in [3.63, 3.8) is 0 Å². The van der Waals surface area contributed by atoms with E-state index in [4.69, 9.17) is 5.11 Å². The Bertz CT molecular complexity index is 160. The summed E-state index contributed by atoms with van der Waals surface area (Å²) in [7, 11) is 0. The first-order valence-corrected chi connectivity index (χ1v) is 7.72. The third-order valence-electron chi connectivity index (χ3n) is 2.57. The molecule has 3 heteroatoms. The van der Waals surface area contributed by atoms with Gasteiger partial charge in [-0.15, -0.1) is 0 Å². The van der Waals surface area contributed by atoms with Gasteiger partial charge in [0.05, 0.1) is 0 Å². The van der Waals surface area contributed by atoms with E-state index in [0.717, 1.165) is 12.2 Å². The Balaban J connectivity index is 2.90. The fourth-order valence-corrected chi connectivity index (χ4v) is 2.55. The Morgan fingerprint density at radius 3 is 2.12 bits per heavy atom. The van der Waals surface area contributed by atoms with Gasteiger partial charge in [-0.05, 0) is 24.3 Å². The Hall–Kier alpha value is -0.180. The van der Waals surface area contributed by atoms with E-state index in [0.29, 0.717) is 6.42 Å². The van der Waals surface area contributed by atoms with Crippen LogP contribution in [0.25, 0.3) is 0 Å². The molecule has 0 saturated heterocycles. The molecule has 0 aromatic carbocycles. The fourth-order valence-electron chi connectivity index (χ4n) is 1.59. The molecule has 0 spiro atoms. The molecule has 0 atom stereocenters. The third-order valence-corrected chi connectivity index (χ3v) is 3.73. The van der Waals surface area contributed by atoms with Crippen LogP contribution in [0.3, 0.4) is 0 Å². The normalized spacial score (nSPS) is 10.6. The number of carboxylic acid groups (broad SMARTS) is 1. The van der Waals surface area contributed by atoms with Gasteiger partial charge in [-0.3, -0.25) is 4.79 Å². The zero-order valence-corrected chi connectivity index (χ0v) is 11.4. The van der Waals surface area contributed by atoms with E-state index in [2.05, 4.69) is 6.92 Å². The molecular formula is C13H26O2S. The molecule has 0 saturated carbocycles. The molecule has 2 nitrogen and oxygen atoms in total. The SMILES string of the molecule is CCCCCCCCCSCCCC(=O)O. The molecule has 96 valence electrons. The van der Waals surface area contributed by atoms with E-state index in [-0.39, 0.29) is 0 Å². The maximum absolute atomic E-state index is 10.3. The highest BCUT2D eigenvalue weighted by Crippen LogP contribution is 2.11. The molecule has 0 bridgehead atoms. The van der Waals surface area contributed by atoms with Crippen LogP contribution in [0, 0.1) is 0 Å². The van der Waals surface area contributed by atoms with Crippen LogP contribution in [0.5, 0.6) is 0 Å². The average Bonchev–Trinajstić information content (AvgIpc) is 2.25. The molecule has 1 N–H and O–H groups in total. The van der Waals surface area contributed by atoms with Gasteiger partial charge in [-0.1, -0.05) is 45.4 Å². The van der Waals surface area contributed by atoms with Crippen LogP contribution in [0.2, 0.25) is 0 Å². The molecule has 0 radical (unpaired) electrons. The van der Waals surface area contributed by atoms with Crippen molar-refractivity contribution < 1.29 is 9.90 Å². The zero-order valence-electron chi connectivity index (χ0n) is 10.5. The molecule has 0 heterocycles. The first kappa shape index (κ1) is 15.8.